The highest BCUT2D eigenvalue weighted by atomic mass is 19.1. The van der Waals surface area contributed by atoms with E-state index in [9.17, 15) is 4.39 Å². The van der Waals surface area contributed by atoms with Crippen LogP contribution in [0, 0.1) is 5.82 Å². The average molecular weight is 376 g/mol. The van der Waals surface area contributed by atoms with Gasteiger partial charge in [-0.1, -0.05) is 18.6 Å². The zero-order valence-corrected chi connectivity index (χ0v) is 16.8. The number of nitrogens with one attached hydrogen (secondary N) is 2. The number of rotatable bonds is 5. The van der Waals surface area contributed by atoms with Crippen LogP contribution in [0.2, 0.25) is 0 Å². The Morgan fingerprint density at radius 1 is 1.04 bits per heavy atom. The molecule has 0 radical (unpaired) electrons. The third-order valence-corrected chi connectivity index (χ3v) is 6.13. The summed E-state index contributed by atoms with van der Waals surface area (Å²) in [6.45, 7) is 6.29. The van der Waals surface area contributed by atoms with Gasteiger partial charge >= 0.3 is 0 Å². The first-order valence-corrected chi connectivity index (χ1v) is 10.2. The average Bonchev–Trinajstić information content (AvgIpc) is 2.71. The topological polar surface area (TPSA) is 42.9 Å². The van der Waals surface area contributed by atoms with E-state index < -0.39 is 0 Å². The summed E-state index contributed by atoms with van der Waals surface area (Å²) in [6.07, 6.45) is 6.39. The summed E-state index contributed by atoms with van der Waals surface area (Å²) in [5.41, 5.74) is 1.27. The molecule has 27 heavy (non-hydrogen) atoms. The molecule has 2 aliphatic heterocycles. The Morgan fingerprint density at radius 3 is 2.33 bits per heavy atom. The maximum Gasteiger partial charge on any atom is 0.191 e. The van der Waals surface area contributed by atoms with Gasteiger partial charge in [0.25, 0.3) is 0 Å². The first-order chi connectivity index (χ1) is 13.1. The second-order valence-electron chi connectivity index (χ2n) is 7.98. The van der Waals surface area contributed by atoms with E-state index >= 15 is 0 Å². The lowest BCUT2D eigenvalue weighted by atomic mass is 9.84. The van der Waals surface area contributed by atoms with Crippen LogP contribution in [0.25, 0.3) is 0 Å². The molecule has 2 saturated heterocycles. The number of hydrogen-bond donors (Lipinski definition) is 2. The standard InChI is InChI=1S/C21H34FN5/c1-23-20(24-16-18-6-8-19(22)9-7-18)25-17-21(10-14-26(2)15-11-21)27-12-4-3-5-13-27/h6-9H,3-5,10-17H2,1-2H3,(H2,23,24,25). The number of aliphatic imine (C=N–C) groups is 1. The summed E-state index contributed by atoms with van der Waals surface area (Å²) in [5, 5.41) is 6.94. The third-order valence-electron chi connectivity index (χ3n) is 6.13. The molecule has 0 amide bonds. The van der Waals surface area contributed by atoms with Crippen LogP contribution < -0.4 is 10.6 Å². The molecule has 1 aromatic carbocycles. The number of guanidine groups is 1. The zero-order valence-electron chi connectivity index (χ0n) is 16.8. The van der Waals surface area contributed by atoms with Crippen molar-refractivity contribution in [3.05, 3.63) is 35.6 Å². The molecule has 2 N–H and O–H groups in total. The van der Waals surface area contributed by atoms with Gasteiger partial charge in [-0.2, -0.15) is 0 Å². The Labute approximate surface area is 163 Å². The van der Waals surface area contributed by atoms with E-state index in [1.807, 2.05) is 19.2 Å². The molecular weight excluding hydrogens is 341 g/mol. The molecule has 0 aromatic heterocycles. The number of nitrogens with zero attached hydrogens (tertiary/aromatic N) is 3. The van der Waals surface area contributed by atoms with E-state index in [2.05, 4.69) is 32.5 Å². The maximum atomic E-state index is 13.1. The summed E-state index contributed by atoms with van der Waals surface area (Å²) in [7, 11) is 4.03. The minimum Gasteiger partial charge on any atom is -0.355 e. The van der Waals surface area contributed by atoms with Gasteiger partial charge in [-0.15, -0.1) is 0 Å². The van der Waals surface area contributed by atoms with E-state index in [0.29, 0.717) is 6.54 Å². The van der Waals surface area contributed by atoms with Gasteiger partial charge in [-0.05, 0) is 76.6 Å². The maximum absolute atomic E-state index is 13.1. The molecule has 2 heterocycles. The molecule has 0 aliphatic carbocycles. The van der Waals surface area contributed by atoms with E-state index in [1.54, 1.807) is 0 Å². The van der Waals surface area contributed by atoms with E-state index in [-0.39, 0.29) is 11.4 Å². The second kappa shape index (κ2) is 9.51. The van der Waals surface area contributed by atoms with Gasteiger partial charge in [0.15, 0.2) is 5.96 Å². The van der Waals surface area contributed by atoms with Crippen LogP contribution in [0.15, 0.2) is 29.3 Å². The Balaban J connectivity index is 1.58. The van der Waals surface area contributed by atoms with Gasteiger partial charge < -0.3 is 15.5 Å². The van der Waals surface area contributed by atoms with Crippen LogP contribution in [0.3, 0.4) is 0 Å². The van der Waals surface area contributed by atoms with Crippen LogP contribution in [0.1, 0.15) is 37.7 Å². The predicted octanol–water partition coefficient (Wildman–Crippen LogP) is 2.44. The lowest BCUT2D eigenvalue weighted by Gasteiger charge is -2.50. The minimum absolute atomic E-state index is 0.202. The Kier molecular flexibility index (Phi) is 7.07. The molecule has 2 aliphatic rings. The highest BCUT2D eigenvalue weighted by Gasteiger charge is 2.39. The smallest absolute Gasteiger partial charge is 0.191 e. The largest absolute Gasteiger partial charge is 0.355 e. The van der Waals surface area contributed by atoms with Gasteiger partial charge in [0.1, 0.15) is 5.82 Å². The van der Waals surface area contributed by atoms with Crippen LogP contribution in [-0.2, 0) is 6.54 Å². The summed E-state index contributed by atoms with van der Waals surface area (Å²) >= 11 is 0. The molecule has 5 nitrogen and oxygen atoms in total. The van der Waals surface area contributed by atoms with Gasteiger partial charge in [0, 0.05) is 25.7 Å². The monoisotopic (exact) mass is 375 g/mol. The van der Waals surface area contributed by atoms with Crippen molar-refractivity contribution in [3.63, 3.8) is 0 Å². The van der Waals surface area contributed by atoms with Crippen molar-refractivity contribution in [2.75, 3.05) is 46.8 Å². The van der Waals surface area contributed by atoms with E-state index in [1.165, 1.54) is 57.3 Å². The van der Waals surface area contributed by atoms with Gasteiger partial charge in [-0.25, -0.2) is 4.39 Å². The molecule has 6 heteroatoms. The molecule has 3 rings (SSSR count). The summed E-state index contributed by atoms with van der Waals surface area (Å²) < 4.78 is 13.1. The number of benzene rings is 1. The van der Waals surface area contributed by atoms with Crippen LogP contribution in [0.4, 0.5) is 4.39 Å². The van der Waals surface area contributed by atoms with Crippen LogP contribution >= 0.6 is 0 Å². The van der Waals surface area contributed by atoms with E-state index in [0.717, 1.165) is 31.2 Å². The van der Waals surface area contributed by atoms with Crippen molar-refractivity contribution in [2.24, 2.45) is 4.99 Å². The number of hydrogen-bond acceptors (Lipinski definition) is 3. The summed E-state index contributed by atoms with van der Waals surface area (Å²) in [6, 6.07) is 6.61. The fourth-order valence-electron chi connectivity index (χ4n) is 4.26. The predicted molar refractivity (Wildman–Crippen MR) is 109 cm³/mol. The van der Waals surface area contributed by atoms with Crippen molar-refractivity contribution in [1.82, 2.24) is 20.4 Å². The molecule has 0 unspecified atom stereocenters. The molecule has 0 spiro atoms. The van der Waals surface area contributed by atoms with Crippen molar-refractivity contribution in [1.29, 1.82) is 0 Å². The van der Waals surface area contributed by atoms with Crippen molar-refractivity contribution in [3.8, 4) is 0 Å². The second-order valence-corrected chi connectivity index (χ2v) is 7.98. The van der Waals surface area contributed by atoms with Crippen LogP contribution in [-0.4, -0.2) is 68.1 Å². The highest BCUT2D eigenvalue weighted by molar-refractivity contribution is 5.79. The fourth-order valence-corrected chi connectivity index (χ4v) is 4.26. The van der Waals surface area contributed by atoms with Crippen LogP contribution in [0.5, 0.6) is 0 Å². The molecule has 2 fully saturated rings. The fraction of sp³-hybridized carbons (Fsp3) is 0.667. The Hall–Kier alpha value is -1.66. The van der Waals surface area contributed by atoms with Gasteiger partial charge in [-0.3, -0.25) is 9.89 Å². The van der Waals surface area contributed by atoms with Crippen molar-refractivity contribution in [2.45, 2.75) is 44.2 Å². The summed E-state index contributed by atoms with van der Waals surface area (Å²) in [4.78, 5) is 9.55. The quantitative estimate of drug-likeness (QED) is 0.613. The van der Waals surface area contributed by atoms with E-state index in [4.69, 9.17) is 0 Å². The van der Waals surface area contributed by atoms with Crippen molar-refractivity contribution >= 4 is 5.96 Å². The molecule has 0 saturated carbocycles. The molecule has 1 aromatic rings. The SMILES string of the molecule is CN=C(NCc1ccc(F)cc1)NCC1(N2CCCCC2)CCN(C)CC1. The van der Waals surface area contributed by atoms with Crippen molar-refractivity contribution < 1.29 is 4.39 Å². The summed E-state index contributed by atoms with van der Waals surface area (Å²) in [5.74, 6) is 0.613. The van der Waals surface area contributed by atoms with Gasteiger partial charge in [0.2, 0.25) is 0 Å². The van der Waals surface area contributed by atoms with Gasteiger partial charge in [0.05, 0.1) is 0 Å². The number of piperidine rings is 2. The Morgan fingerprint density at radius 2 is 1.70 bits per heavy atom. The minimum atomic E-state index is -0.202. The first-order valence-electron chi connectivity index (χ1n) is 10.2. The normalized spacial score (nSPS) is 21.8. The molecule has 150 valence electrons. The first kappa shape index (κ1) is 20.1. The molecule has 0 bridgehead atoms. The Bertz CT molecular complexity index is 602. The molecule has 0 atom stereocenters. The highest BCUT2D eigenvalue weighted by Crippen LogP contribution is 2.30. The number of likely N-dealkylation sites (tertiary alicyclic amines) is 2. The molecular formula is C21H34FN5. The lowest BCUT2D eigenvalue weighted by molar-refractivity contribution is 0.0173. The zero-order chi connectivity index (χ0) is 19.1. The third kappa shape index (κ3) is 5.42. The number of halogens is 1. The lowest BCUT2D eigenvalue weighted by Crippen LogP contribution is -2.62.